The van der Waals surface area contributed by atoms with Crippen molar-refractivity contribution in [2.75, 3.05) is 11.9 Å². The molecule has 0 aliphatic rings. The van der Waals surface area contributed by atoms with Gasteiger partial charge in [-0.25, -0.2) is 14.8 Å². The quantitative estimate of drug-likeness (QED) is 0.885. The van der Waals surface area contributed by atoms with Gasteiger partial charge >= 0.3 is 5.97 Å². The van der Waals surface area contributed by atoms with Crippen molar-refractivity contribution < 1.29 is 9.90 Å². The number of aromatic carboxylic acids is 1. The number of carboxylic acids is 1. The third-order valence-corrected chi connectivity index (χ3v) is 4.93. The Kier molecular flexibility index (Phi) is 4.72. The van der Waals surface area contributed by atoms with Crippen LogP contribution in [0.25, 0.3) is 0 Å². The van der Waals surface area contributed by atoms with E-state index in [0.717, 1.165) is 17.2 Å². The van der Waals surface area contributed by atoms with E-state index in [1.54, 1.807) is 16.8 Å². The zero-order valence-corrected chi connectivity index (χ0v) is 13.3. The summed E-state index contributed by atoms with van der Waals surface area (Å²) in [4.78, 5) is 22.4. The number of rotatable bonds is 6. The van der Waals surface area contributed by atoms with Crippen molar-refractivity contribution in [2.45, 2.75) is 32.7 Å². The first-order chi connectivity index (χ1) is 9.52. The van der Waals surface area contributed by atoms with E-state index in [0.29, 0.717) is 17.1 Å². The molecular formula is C13H17N3O2S2. The number of carbonyl (C=O) groups is 1. The highest BCUT2D eigenvalue weighted by atomic mass is 32.1. The maximum absolute atomic E-state index is 11.3. The lowest BCUT2D eigenvalue weighted by Crippen LogP contribution is -2.16. The fourth-order valence-electron chi connectivity index (χ4n) is 1.79. The third-order valence-electron chi connectivity index (χ3n) is 3.12. The van der Waals surface area contributed by atoms with Crippen molar-refractivity contribution in [1.29, 1.82) is 0 Å². The van der Waals surface area contributed by atoms with Gasteiger partial charge in [0, 0.05) is 12.4 Å². The minimum Gasteiger partial charge on any atom is -0.477 e. The van der Waals surface area contributed by atoms with Crippen molar-refractivity contribution in [1.82, 2.24) is 9.97 Å². The molecule has 20 heavy (non-hydrogen) atoms. The number of carboxylic acid groups (broad SMARTS) is 1. The second-order valence-electron chi connectivity index (χ2n) is 4.66. The van der Waals surface area contributed by atoms with E-state index in [1.807, 2.05) is 31.2 Å². The lowest BCUT2D eigenvalue weighted by molar-refractivity contribution is 0.0700. The molecule has 2 heterocycles. The first-order valence-electron chi connectivity index (χ1n) is 6.35. The van der Waals surface area contributed by atoms with E-state index >= 15 is 0 Å². The Hall–Kier alpha value is -1.47. The SMILES string of the molecule is CCC(C)c1nc(N(C)Cc2cscn2)sc1C(=O)O. The van der Waals surface area contributed by atoms with E-state index < -0.39 is 5.97 Å². The summed E-state index contributed by atoms with van der Waals surface area (Å²) in [6.07, 6.45) is 0.874. The Morgan fingerprint density at radius 1 is 1.55 bits per heavy atom. The molecule has 0 aromatic carbocycles. The van der Waals surface area contributed by atoms with E-state index in [-0.39, 0.29) is 5.92 Å². The molecule has 2 aromatic heterocycles. The van der Waals surface area contributed by atoms with E-state index in [9.17, 15) is 9.90 Å². The molecule has 0 aliphatic heterocycles. The van der Waals surface area contributed by atoms with Crippen LogP contribution in [0.3, 0.4) is 0 Å². The molecule has 2 aromatic rings. The predicted molar refractivity (Wildman–Crippen MR) is 82.0 cm³/mol. The Bertz CT molecular complexity index is 580. The minimum absolute atomic E-state index is 0.152. The summed E-state index contributed by atoms with van der Waals surface area (Å²) < 4.78 is 0. The molecule has 0 aliphatic carbocycles. The van der Waals surface area contributed by atoms with Crippen LogP contribution in [0.4, 0.5) is 5.13 Å². The lowest BCUT2D eigenvalue weighted by atomic mass is 10.0. The standard InChI is InChI=1S/C13H17N3O2S2/c1-4-8(2)10-11(12(17)18)20-13(15-10)16(3)5-9-6-19-7-14-9/h6-8H,4-5H2,1-3H3,(H,17,18). The molecule has 1 N–H and O–H groups in total. The van der Waals surface area contributed by atoms with Gasteiger partial charge in [0.1, 0.15) is 4.88 Å². The molecule has 0 fully saturated rings. The summed E-state index contributed by atoms with van der Waals surface area (Å²) in [7, 11) is 1.91. The Morgan fingerprint density at radius 3 is 2.85 bits per heavy atom. The summed E-state index contributed by atoms with van der Waals surface area (Å²) in [5.41, 5.74) is 3.44. The van der Waals surface area contributed by atoms with Crippen LogP contribution in [0.2, 0.25) is 0 Å². The molecule has 108 valence electrons. The third kappa shape index (κ3) is 3.16. The molecular weight excluding hydrogens is 294 g/mol. The molecule has 5 nitrogen and oxygen atoms in total. The van der Waals surface area contributed by atoms with Crippen LogP contribution in [0.5, 0.6) is 0 Å². The van der Waals surface area contributed by atoms with E-state index in [2.05, 4.69) is 9.97 Å². The highest BCUT2D eigenvalue weighted by Gasteiger charge is 2.22. The minimum atomic E-state index is -0.897. The van der Waals surface area contributed by atoms with E-state index in [1.165, 1.54) is 11.3 Å². The van der Waals surface area contributed by atoms with Crippen molar-refractivity contribution >= 4 is 33.8 Å². The number of hydrogen-bond acceptors (Lipinski definition) is 6. The van der Waals surface area contributed by atoms with Crippen LogP contribution in [0.15, 0.2) is 10.9 Å². The van der Waals surface area contributed by atoms with Crippen molar-refractivity contribution in [3.63, 3.8) is 0 Å². The first kappa shape index (κ1) is 14.9. The number of aromatic nitrogens is 2. The van der Waals surface area contributed by atoms with Crippen LogP contribution in [0, 0.1) is 0 Å². The van der Waals surface area contributed by atoms with Gasteiger partial charge in [0.15, 0.2) is 5.13 Å². The Morgan fingerprint density at radius 2 is 2.30 bits per heavy atom. The van der Waals surface area contributed by atoms with Crippen LogP contribution >= 0.6 is 22.7 Å². The van der Waals surface area contributed by atoms with Gasteiger partial charge in [-0.15, -0.1) is 11.3 Å². The fourth-order valence-corrected chi connectivity index (χ4v) is 3.33. The molecule has 0 radical (unpaired) electrons. The van der Waals surface area contributed by atoms with Gasteiger partial charge in [-0.1, -0.05) is 25.2 Å². The lowest BCUT2D eigenvalue weighted by Gasteiger charge is -2.13. The van der Waals surface area contributed by atoms with Gasteiger partial charge in [0.05, 0.1) is 23.4 Å². The average molecular weight is 311 g/mol. The largest absolute Gasteiger partial charge is 0.477 e. The van der Waals surface area contributed by atoms with Gasteiger partial charge in [-0.3, -0.25) is 0 Å². The molecule has 0 bridgehead atoms. The average Bonchev–Trinajstić information content (AvgIpc) is 3.06. The van der Waals surface area contributed by atoms with Crippen LogP contribution in [0.1, 0.15) is 47.2 Å². The monoisotopic (exact) mass is 311 g/mol. The zero-order chi connectivity index (χ0) is 14.7. The summed E-state index contributed by atoms with van der Waals surface area (Å²) in [6.45, 7) is 4.68. The molecule has 2 rings (SSSR count). The molecule has 1 unspecified atom stereocenters. The topological polar surface area (TPSA) is 66.3 Å². The molecule has 7 heteroatoms. The number of hydrogen-bond donors (Lipinski definition) is 1. The Labute approximate surface area is 125 Å². The highest BCUT2D eigenvalue weighted by molar-refractivity contribution is 7.17. The predicted octanol–water partition coefficient (Wildman–Crippen LogP) is 3.45. The van der Waals surface area contributed by atoms with Crippen molar-refractivity contribution in [2.24, 2.45) is 0 Å². The van der Waals surface area contributed by atoms with Crippen LogP contribution in [-0.2, 0) is 6.54 Å². The first-order valence-corrected chi connectivity index (χ1v) is 8.11. The number of anilines is 1. The number of thiazole rings is 2. The fraction of sp³-hybridized carbons (Fsp3) is 0.462. The van der Waals surface area contributed by atoms with Gasteiger partial charge < -0.3 is 10.0 Å². The van der Waals surface area contributed by atoms with Gasteiger partial charge in [-0.2, -0.15) is 0 Å². The maximum atomic E-state index is 11.3. The summed E-state index contributed by atoms with van der Waals surface area (Å²) in [5.74, 6) is -0.745. The van der Waals surface area contributed by atoms with Crippen molar-refractivity contribution in [3.05, 3.63) is 27.2 Å². The second-order valence-corrected chi connectivity index (χ2v) is 6.36. The van der Waals surface area contributed by atoms with Gasteiger partial charge in [-0.05, 0) is 12.3 Å². The normalized spacial score (nSPS) is 12.3. The highest BCUT2D eigenvalue weighted by Crippen LogP contribution is 2.32. The molecule has 0 amide bonds. The summed E-state index contributed by atoms with van der Waals surface area (Å²) in [6, 6.07) is 0. The smallest absolute Gasteiger partial charge is 0.347 e. The molecule has 1 atom stereocenters. The summed E-state index contributed by atoms with van der Waals surface area (Å²) >= 11 is 2.78. The van der Waals surface area contributed by atoms with Gasteiger partial charge in [0.25, 0.3) is 0 Å². The zero-order valence-electron chi connectivity index (χ0n) is 11.7. The van der Waals surface area contributed by atoms with Crippen LogP contribution < -0.4 is 4.90 Å². The maximum Gasteiger partial charge on any atom is 0.347 e. The molecule has 0 saturated carbocycles. The molecule has 0 saturated heterocycles. The second kappa shape index (κ2) is 6.32. The van der Waals surface area contributed by atoms with Crippen molar-refractivity contribution in [3.8, 4) is 0 Å². The Balaban J connectivity index is 2.25. The van der Waals surface area contributed by atoms with Gasteiger partial charge in [0.2, 0.25) is 0 Å². The van der Waals surface area contributed by atoms with E-state index in [4.69, 9.17) is 0 Å². The summed E-state index contributed by atoms with van der Waals surface area (Å²) in [5, 5.41) is 12.0. The number of nitrogens with zero attached hydrogens (tertiary/aromatic N) is 3. The van der Waals surface area contributed by atoms with Crippen LogP contribution in [-0.4, -0.2) is 28.1 Å². The molecule has 0 spiro atoms.